The van der Waals surface area contributed by atoms with Gasteiger partial charge in [-0.2, -0.15) is 0 Å². The summed E-state index contributed by atoms with van der Waals surface area (Å²) in [5.74, 6) is -1.62. The van der Waals surface area contributed by atoms with Crippen LogP contribution in [0.1, 0.15) is 22.0 Å². The fraction of sp³-hybridized carbons (Fsp3) is 0.231. The standard InChI is InChI=1S/C13H13F2NS/c1-8-10(5-6-17-8)13(16-2)9-3-4-11(14)12(15)7-9/h3-7,13,16H,1-2H3. The maximum Gasteiger partial charge on any atom is 0.159 e. The van der Waals surface area contributed by atoms with Crippen LogP contribution in [0.3, 0.4) is 0 Å². The maximum atomic E-state index is 13.2. The molecule has 0 bridgehead atoms. The van der Waals surface area contributed by atoms with Gasteiger partial charge in [0, 0.05) is 4.88 Å². The molecule has 90 valence electrons. The molecule has 1 N–H and O–H groups in total. The molecule has 0 amide bonds. The van der Waals surface area contributed by atoms with Crippen molar-refractivity contribution in [2.24, 2.45) is 0 Å². The summed E-state index contributed by atoms with van der Waals surface area (Å²) in [4.78, 5) is 1.18. The van der Waals surface area contributed by atoms with Gasteiger partial charge in [0.2, 0.25) is 0 Å². The predicted octanol–water partition coefficient (Wildman–Crippen LogP) is 3.64. The van der Waals surface area contributed by atoms with Crippen molar-refractivity contribution in [2.45, 2.75) is 13.0 Å². The Kier molecular flexibility index (Phi) is 3.54. The second-order valence-corrected chi connectivity index (χ2v) is 4.95. The van der Waals surface area contributed by atoms with Crippen molar-refractivity contribution >= 4 is 11.3 Å². The maximum absolute atomic E-state index is 13.2. The molecule has 2 rings (SSSR count). The summed E-state index contributed by atoms with van der Waals surface area (Å²) in [6, 6.07) is 5.92. The highest BCUT2D eigenvalue weighted by atomic mass is 32.1. The summed E-state index contributed by atoms with van der Waals surface area (Å²) in [5.41, 5.74) is 1.83. The molecule has 0 aliphatic rings. The minimum atomic E-state index is -0.814. The van der Waals surface area contributed by atoms with E-state index in [-0.39, 0.29) is 6.04 Å². The van der Waals surface area contributed by atoms with Gasteiger partial charge in [0.25, 0.3) is 0 Å². The van der Waals surface area contributed by atoms with Crippen molar-refractivity contribution in [1.29, 1.82) is 0 Å². The number of halogens is 2. The molecule has 1 nitrogen and oxygen atoms in total. The Morgan fingerprint density at radius 2 is 1.94 bits per heavy atom. The summed E-state index contributed by atoms with van der Waals surface area (Å²) < 4.78 is 26.1. The second kappa shape index (κ2) is 4.94. The van der Waals surface area contributed by atoms with Crippen molar-refractivity contribution in [2.75, 3.05) is 7.05 Å². The van der Waals surface area contributed by atoms with E-state index in [9.17, 15) is 8.78 Å². The van der Waals surface area contributed by atoms with Gasteiger partial charge in [-0.3, -0.25) is 0 Å². The van der Waals surface area contributed by atoms with Gasteiger partial charge >= 0.3 is 0 Å². The van der Waals surface area contributed by atoms with Crippen LogP contribution in [-0.4, -0.2) is 7.05 Å². The Labute approximate surface area is 103 Å². The van der Waals surface area contributed by atoms with Crippen LogP contribution in [0.4, 0.5) is 8.78 Å². The van der Waals surface area contributed by atoms with Gasteiger partial charge in [-0.15, -0.1) is 11.3 Å². The normalized spacial score (nSPS) is 12.7. The van der Waals surface area contributed by atoms with Crippen molar-refractivity contribution in [3.8, 4) is 0 Å². The largest absolute Gasteiger partial charge is 0.309 e. The van der Waals surface area contributed by atoms with Gasteiger partial charge in [0.05, 0.1) is 6.04 Å². The number of hydrogen-bond acceptors (Lipinski definition) is 2. The SMILES string of the molecule is CNC(c1ccc(F)c(F)c1)c1ccsc1C. The Morgan fingerprint density at radius 1 is 1.18 bits per heavy atom. The van der Waals surface area contributed by atoms with E-state index in [4.69, 9.17) is 0 Å². The molecule has 0 aliphatic carbocycles. The quantitative estimate of drug-likeness (QED) is 0.880. The van der Waals surface area contributed by atoms with Crippen LogP contribution in [0.25, 0.3) is 0 Å². The molecule has 4 heteroatoms. The monoisotopic (exact) mass is 253 g/mol. The average Bonchev–Trinajstić information content (AvgIpc) is 2.71. The van der Waals surface area contributed by atoms with E-state index in [0.717, 1.165) is 17.2 Å². The van der Waals surface area contributed by atoms with Gasteiger partial charge < -0.3 is 5.32 Å². The lowest BCUT2D eigenvalue weighted by Gasteiger charge is -2.17. The number of aryl methyl sites for hydroxylation is 1. The summed E-state index contributed by atoms with van der Waals surface area (Å²) in [5, 5.41) is 5.12. The fourth-order valence-electron chi connectivity index (χ4n) is 1.89. The zero-order valence-electron chi connectivity index (χ0n) is 9.63. The molecule has 17 heavy (non-hydrogen) atoms. The Bertz CT molecular complexity index is 522. The average molecular weight is 253 g/mol. The Morgan fingerprint density at radius 3 is 2.47 bits per heavy atom. The van der Waals surface area contributed by atoms with Crippen LogP contribution >= 0.6 is 11.3 Å². The second-order valence-electron chi connectivity index (χ2n) is 3.83. The van der Waals surface area contributed by atoms with Crippen LogP contribution < -0.4 is 5.32 Å². The molecule has 1 aromatic heterocycles. The van der Waals surface area contributed by atoms with E-state index >= 15 is 0 Å². The smallest absolute Gasteiger partial charge is 0.159 e. The summed E-state index contributed by atoms with van der Waals surface area (Å²) in [7, 11) is 1.81. The minimum absolute atomic E-state index is 0.101. The lowest BCUT2D eigenvalue weighted by atomic mass is 9.99. The first-order chi connectivity index (χ1) is 8.13. The van der Waals surface area contributed by atoms with Gasteiger partial charge in [-0.1, -0.05) is 6.07 Å². The molecule has 0 aliphatic heterocycles. The zero-order chi connectivity index (χ0) is 12.4. The fourth-order valence-corrected chi connectivity index (χ4v) is 2.63. The van der Waals surface area contributed by atoms with Crippen molar-refractivity contribution in [3.05, 3.63) is 57.3 Å². The third-order valence-electron chi connectivity index (χ3n) is 2.78. The molecular weight excluding hydrogens is 240 g/mol. The van der Waals surface area contributed by atoms with E-state index < -0.39 is 11.6 Å². The van der Waals surface area contributed by atoms with Crippen molar-refractivity contribution in [3.63, 3.8) is 0 Å². The summed E-state index contributed by atoms with van der Waals surface area (Å²) >= 11 is 1.64. The van der Waals surface area contributed by atoms with Gasteiger partial charge in [-0.25, -0.2) is 8.78 Å². The van der Waals surface area contributed by atoms with Crippen LogP contribution in [0, 0.1) is 18.6 Å². The zero-order valence-corrected chi connectivity index (χ0v) is 10.4. The Balaban J connectivity index is 2.42. The van der Waals surface area contributed by atoms with E-state index in [1.54, 1.807) is 17.4 Å². The molecule has 0 radical (unpaired) electrons. The van der Waals surface area contributed by atoms with Crippen LogP contribution in [0.2, 0.25) is 0 Å². The van der Waals surface area contributed by atoms with Gasteiger partial charge in [0.1, 0.15) is 0 Å². The first-order valence-electron chi connectivity index (χ1n) is 5.29. The van der Waals surface area contributed by atoms with E-state index in [1.807, 2.05) is 25.4 Å². The van der Waals surface area contributed by atoms with E-state index in [2.05, 4.69) is 5.32 Å². The molecular formula is C13H13F2NS. The lowest BCUT2D eigenvalue weighted by Crippen LogP contribution is -2.18. The van der Waals surface area contributed by atoms with Crippen LogP contribution in [0.5, 0.6) is 0 Å². The highest BCUT2D eigenvalue weighted by molar-refractivity contribution is 7.10. The molecule has 0 saturated heterocycles. The third kappa shape index (κ3) is 2.37. The summed E-state index contributed by atoms with van der Waals surface area (Å²) in [6.07, 6.45) is 0. The number of thiophene rings is 1. The molecule has 0 spiro atoms. The highest BCUT2D eigenvalue weighted by Gasteiger charge is 2.16. The first kappa shape index (κ1) is 12.2. The van der Waals surface area contributed by atoms with Gasteiger partial charge in [0.15, 0.2) is 11.6 Å². The van der Waals surface area contributed by atoms with Gasteiger partial charge in [-0.05, 0) is 48.7 Å². The minimum Gasteiger partial charge on any atom is -0.309 e. The molecule has 2 aromatic rings. The number of hydrogen-bond donors (Lipinski definition) is 1. The predicted molar refractivity (Wildman–Crippen MR) is 66.3 cm³/mol. The number of benzene rings is 1. The highest BCUT2D eigenvalue weighted by Crippen LogP contribution is 2.28. The number of nitrogens with one attached hydrogen (secondary N) is 1. The van der Waals surface area contributed by atoms with Crippen molar-refractivity contribution in [1.82, 2.24) is 5.32 Å². The van der Waals surface area contributed by atoms with E-state index in [0.29, 0.717) is 0 Å². The first-order valence-corrected chi connectivity index (χ1v) is 6.17. The van der Waals surface area contributed by atoms with Crippen LogP contribution in [-0.2, 0) is 0 Å². The summed E-state index contributed by atoms with van der Waals surface area (Å²) in [6.45, 7) is 2.02. The Hall–Kier alpha value is -1.26. The van der Waals surface area contributed by atoms with Crippen molar-refractivity contribution < 1.29 is 8.78 Å². The molecule has 1 unspecified atom stereocenters. The molecule has 0 saturated carbocycles. The molecule has 1 heterocycles. The molecule has 1 aromatic carbocycles. The molecule has 0 fully saturated rings. The molecule has 1 atom stereocenters. The van der Waals surface area contributed by atoms with Crippen LogP contribution in [0.15, 0.2) is 29.6 Å². The topological polar surface area (TPSA) is 12.0 Å². The number of rotatable bonds is 3. The van der Waals surface area contributed by atoms with E-state index in [1.165, 1.54) is 10.9 Å². The third-order valence-corrected chi connectivity index (χ3v) is 3.64. The lowest BCUT2D eigenvalue weighted by molar-refractivity contribution is 0.505.